The third kappa shape index (κ3) is 3.82. The Labute approximate surface area is 121 Å². The van der Waals surface area contributed by atoms with Gasteiger partial charge >= 0.3 is 0 Å². The molecule has 0 unspecified atom stereocenters. The van der Waals surface area contributed by atoms with Gasteiger partial charge in [0.2, 0.25) is 0 Å². The molecule has 0 heterocycles. The number of sulfonamides is 1. The zero-order valence-electron chi connectivity index (χ0n) is 12.1. The van der Waals surface area contributed by atoms with Crippen LogP contribution < -0.4 is 4.83 Å². The molecule has 0 amide bonds. The minimum atomic E-state index is -3.55. The molecule has 1 N–H and O–H groups in total. The SMILES string of the molecule is C/C(=N\NS(=O)(=O)c1ccc(C)cc1)C1CCCCC1. The third-order valence-electron chi connectivity index (χ3n) is 3.87. The smallest absolute Gasteiger partial charge is 0.200 e. The lowest BCUT2D eigenvalue weighted by molar-refractivity contribution is 0.437. The highest BCUT2D eigenvalue weighted by atomic mass is 32.2. The zero-order chi connectivity index (χ0) is 14.6. The number of benzene rings is 1. The van der Waals surface area contributed by atoms with Gasteiger partial charge in [-0.2, -0.15) is 13.5 Å². The summed E-state index contributed by atoms with van der Waals surface area (Å²) >= 11 is 0. The van der Waals surface area contributed by atoms with Crippen molar-refractivity contribution < 1.29 is 8.42 Å². The lowest BCUT2D eigenvalue weighted by Gasteiger charge is -2.21. The van der Waals surface area contributed by atoms with Crippen molar-refractivity contribution in [3.8, 4) is 0 Å². The Morgan fingerprint density at radius 1 is 1.15 bits per heavy atom. The van der Waals surface area contributed by atoms with Gasteiger partial charge in [0, 0.05) is 5.71 Å². The number of rotatable bonds is 4. The summed E-state index contributed by atoms with van der Waals surface area (Å²) in [6.45, 7) is 3.84. The van der Waals surface area contributed by atoms with Crippen molar-refractivity contribution in [1.29, 1.82) is 0 Å². The van der Waals surface area contributed by atoms with E-state index in [2.05, 4.69) is 9.93 Å². The van der Waals surface area contributed by atoms with Gasteiger partial charge in [0.15, 0.2) is 0 Å². The van der Waals surface area contributed by atoms with Crippen LogP contribution in [0, 0.1) is 12.8 Å². The molecule has 0 atom stereocenters. The van der Waals surface area contributed by atoms with Crippen molar-refractivity contribution in [3.63, 3.8) is 0 Å². The third-order valence-corrected chi connectivity index (χ3v) is 5.09. The molecule has 20 heavy (non-hydrogen) atoms. The minimum absolute atomic E-state index is 0.253. The molecule has 1 aromatic rings. The van der Waals surface area contributed by atoms with E-state index in [4.69, 9.17) is 0 Å². The number of hydrogen-bond donors (Lipinski definition) is 1. The quantitative estimate of drug-likeness (QED) is 0.684. The normalized spacial score (nSPS) is 18.0. The minimum Gasteiger partial charge on any atom is -0.200 e. The van der Waals surface area contributed by atoms with E-state index in [1.807, 2.05) is 13.8 Å². The Bertz CT molecular complexity index is 570. The van der Waals surface area contributed by atoms with Gasteiger partial charge in [0.25, 0.3) is 10.0 Å². The van der Waals surface area contributed by atoms with E-state index in [-0.39, 0.29) is 4.90 Å². The molecule has 0 saturated heterocycles. The standard InChI is InChI=1S/C15H22N2O2S/c1-12-8-10-15(11-9-12)20(18,19)17-16-13(2)14-6-4-3-5-7-14/h8-11,14,17H,3-7H2,1-2H3/b16-13+. The Balaban J connectivity index is 2.06. The molecule has 1 aliphatic rings. The Hall–Kier alpha value is -1.36. The number of aryl methyl sites for hydroxylation is 1. The molecule has 2 rings (SSSR count). The van der Waals surface area contributed by atoms with Gasteiger partial charge < -0.3 is 0 Å². The number of hydrazone groups is 1. The van der Waals surface area contributed by atoms with Gasteiger partial charge in [-0.1, -0.05) is 37.0 Å². The first-order chi connectivity index (χ1) is 9.49. The molecule has 0 spiro atoms. The largest absolute Gasteiger partial charge is 0.276 e. The molecule has 1 fully saturated rings. The summed E-state index contributed by atoms with van der Waals surface area (Å²) in [4.78, 5) is 2.61. The Morgan fingerprint density at radius 3 is 2.35 bits per heavy atom. The molecule has 0 radical (unpaired) electrons. The molecular formula is C15H22N2O2S. The van der Waals surface area contributed by atoms with Crippen molar-refractivity contribution in [2.45, 2.75) is 50.8 Å². The summed E-state index contributed by atoms with van der Waals surface area (Å²) in [5.41, 5.74) is 1.92. The fraction of sp³-hybridized carbons (Fsp3) is 0.533. The number of nitrogens with one attached hydrogen (secondary N) is 1. The Kier molecular flexibility index (Phi) is 4.81. The number of nitrogens with zero attached hydrogens (tertiary/aromatic N) is 1. The summed E-state index contributed by atoms with van der Waals surface area (Å²) in [6.07, 6.45) is 5.92. The fourth-order valence-electron chi connectivity index (χ4n) is 2.51. The summed E-state index contributed by atoms with van der Waals surface area (Å²) in [5.74, 6) is 0.421. The van der Waals surface area contributed by atoms with Crippen LogP contribution in [0.4, 0.5) is 0 Å². The maximum atomic E-state index is 12.1. The van der Waals surface area contributed by atoms with E-state index in [0.717, 1.165) is 24.1 Å². The van der Waals surface area contributed by atoms with Gasteiger partial charge in [0.05, 0.1) is 4.90 Å². The van der Waals surface area contributed by atoms with Gasteiger partial charge in [-0.05, 0) is 44.7 Å². The van der Waals surface area contributed by atoms with Crippen LogP contribution in [0.2, 0.25) is 0 Å². The molecule has 0 bridgehead atoms. The van der Waals surface area contributed by atoms with Crippen molar-refractivity contribution in [3.05, 3.63) is 29.8 Å². The molecule has 0 aliphatic heterocycles. The maximum absolute atomic E-state index is 12.1. The Morgan fingerprint density at radius 2 is 1.75 bits per heavy atom. The van der Waals surface area contributed by atoms with Gasteiger partial charge in [-0.3, -0.25) is 0 Å². The first-order valence-electron chi connectivity index (χ1n) is 7.12. The first kappa shape index (κ1) is 15.0. The van der Waals surface area contributed by atoms with Gasteiger partial charge in [-0.15, -0.1) is 0 Å². The molecule has 5 heteroatoms. The average molecular weight is 294 g/mol. The second-order valence-corrected chi connectivity index (χ2v) is 7.16. The average Bonchev–Trinajstić information content (AvgIpc) is 2.46. The highest BCUT2D eigenvalue weighted by Gasteiger charge is 2.18. The molecule has 4 nitrogen and oxygen atoms in total. The lowest BCUT2D eigenvalue weighted by Crippen LogP contribution is -2.23. The topological polar surface area (TPSA) is 58.5 Å². The van der Waals surface area contributed by atoms with E-state index in [9.17, 15) is 8.42 Å². The molecule has 1 saturated carbocycles. The van der Waals surface area contributed by atoms with Crippen molar-refractivity contribution in [1.82, 2.24) is 4.83 Å². The second kappa shape index (κ2) is 6.39. The second-order valence-electron chi connectivity index (χ2n) is 5.50. The highest BCUT2D eigenvalue weighted by Crippen LogP contribution is 2.24. The van der Waals surface area contributed by atoms with E-state index >= 15 is 0 Å². The predicted molar refractivity (Wildman–Crippen MR) is 81.2 cm³/mol. The lowest BCUT2D eigenvalue weighted by atomic mass is 9.86. The molecule has 1 aliphatic carbocycles. The van der Waals surface area contributed by atoms with Gasteiger partial charge in [-0.25, -0.2) is 4.83 Å². The van der Waals surface area contributed by atoms with Crippen LogP contribution in [-0.4, -0.2) is 14.1 Å². The molecular weight excluding hydrogens is 272 g/mol. The van der Waals surface area contributed by atoms with E-state index in [1.165, 1.54) is 19.3 Å². The summed E-state index contributed by atoms with van der Waals surface area (Å²) in [7, 11) is -3.55. The molecule has 110 valence electrons. The van der Waals surface area contributed by atoms with E-state index < -0.39 is 10.0 Å². The summed E-state index contributed by atoms with van der Waals surface area (Å²) in [6, 6.07) is 6.77. The number of hydrogen-bond acceptors (Lipinski definition) is 3. The maximum Gasteiger partial charge on any atom is 0.276 e. The van der Waals surface area contributed by atoms with Gasteiger partial charge in [0.1, 0.15) is 0 Å². The van der Waals surface area contributed by atoms with Crippen LogP contribution >= 0.6 is 0 Å². The molecule has 1 aromatic carbocycles. The van der Waals surface area contributed by atoms with Crippen molar-refractivity contribution in [2.75, 3.05) is 0 Å². The van der Waals surface area contributed by atoms with Crippen LogP contribution in [0.3, 0.4) is 0 Å². The van der Waals surface area contributed by atoms with Crippen LogP contribution in [0.5, 0.6) is 0 Å². The van der Waals surface area contributed by atoms with Crippen molar-refractivity contribution >= 4 is 15.7 Å². The zero-order valence-corrected chi connectivity index (χ0v) is 12.9. The highest BCUT2D eigenvalue weighted by molar-refractivity contribution is 7.89. The van der Waals surface area contributed by atoms with E-state index in [1.54, 1.807) is 24.3 Å². The van der Waals surface area contributed by atoms with Crippen LogP contribution in [0.25, 0.3) is 0 Å². The summed E-state index contributed by atoms with van der Waals surface area (Å²) < 4.78 is 24.2. The predicted octanol–water partition coefficient (Wildman–Crippen LogP) is 3.23. The first-order valence-corrected chi connectivity index (χ1v) is 8.60. The van der Waals surface area contributed by atoms with E-state index in [0.29, 0.717) is 5.92 Å². The van der Waals surface area contributed by atoms with Crippen LogP contribution in [-0.2, 0) is 10.0 Å². The van der Waals surface area contributed by atoms with Crippen LogP contribution in [0.1, 0.15) is 44.6 Å². The van der Waals surface area contributed by atoms with Crippen LogP contribution in [0.15, 0.2) is 34.3 Å². The fourth-order valence-corrected chi connectivity index (χ4v) is 3.38. The summed E-state index contributed by atoms with van der Waals surface area (Å²) in [5, 5.41) is 4.10. The monoisotopic (exact) mass is 294 g/mol. The van der Waals surface area contributed by atoms with Crippen molar-refractivity contribution in [2.24, 2.45) is 11.0 Å². The molecule has 0 aromatic heterocycles.